The van der Waals surface area contributed by atoms with Crippen molar-refractivity contribution < 1.29 is 4.39 Å². The molecule has 1 atom stereocenters. The molecule has 21 heavy (non-hydrogen) atoms. The highest BCUT2D eigenvalue weighted by atomic mass is 19.1. The average Bonchev–Trinajstić information content (AvgIpc) is 2.62. The van der Waals surface area contributed by atoms with Crippen LogP contribution in [0, 0.1) is 5.82 Å². The fourth-order valence-electron chi connectivity index (χ4n) is 2.89. The van der Waals surface area contributed by atoms with Crippen LogP contribution in [-0.2, 0) is 6.54 Å². The Balaban J connectivity index is 2.16. The molecule has 0 spiro atoms. The molecule has 0 saturated carbocycles. The highest BCUT2D eigenvalue weighted by molar-refractivity contribution is 5.44. The van der Waals surface area contributed by atoms with E-state index in [4.69, 9.17) is 0 Å². The van der Waals surface area contributed by atoms with Gasteiger partial charge in [-0.3, -0.25) is 0 Å². The highest BCUT2D eigenvalue weighted by Gasteiger charge is 2.24. The van der Waals surface area contributed by atoms with E-state index in [-0.39, 0.29) is 11.9 Å². The molecule has 0 aromatic carbocycles. The monoisotopic (exact) mass is 294 g/mol. The third-order valence-electron chi connectivity index (χ3n) is 4.01. The first kappa shape index (κ1) is 16.2. The molecule has 1 aliphatic rings. The first-order valence-electron chi connectivity index (χ1n) is 7.92. The van der Waals surface area contributed by atoms with Crippen molar-refractivity contribution in [3.8, 4) is 0 Å². The second-order valence-corrected chi connectivity index (χ2v) is 5.94. The van der Waals surface area contributed by atoms with Crippen LogP contribution in [0.25, 0.3) is 0 Å². The van der Waals surface area contributed by atoms with Gasteiger partial charge in [-0.25, -0.2) is 9.37 Å². The molecular weight excluding hydrogens is 267 g/mol. The number of likely N-dealkylation sites (N-methyl/N-ethyl adjacent to an activating group) is 1. The number of aromatic nitrogens is 1. The molecule has 0 radical (unpaired) electrons. The summed E-state index contributed by atoms with van der Waals surface area (Å²) in [6.07, 6.45) is 3.82. The zero-order chi connectivity index (χ0) is 15.2. The summed E-state index contributed by atoms with van der Waals surface area (Å²) in [5.74, 6) is 0.339. The number of hydrogen-bond donors (Lipinski definition) is 1. The molecule has 1 aromatic rings. The van der Waals surface area contributed by atoms with Gasteiger partial charge in [-0.05, 0) is 46.0 Å². The van der Waals surface area contributed by atoms with Crippen LogP contribution in [-0.4, -0.2) is 49.2 Å². The maximum absolute atomic E-state index is 14.7. The van der Waals surface area contributed by atoms with Gasteiger partial charge in [0.05, 0.1) is 0 Å². The fraction of sp³-hybridized carbons (Fsp3) is 0.688. The van der Waals surface area contributed by atoms with E-state index in [1.165, 1.54) is 0 Å². The molecule has 118 valence electrons. The van der Waals surface area contributed by atoms with Gasteiger partial charge in [-0.2, -0.15) is 0 Å². The molecule has 0 aliphatic carbocycles. The first-order valence-corrected chi connectivity index (χ1v) is 7.92. The van der Waals surface area contributed by atoms with Crippen LogP contribution < -0.4 is 10.2 Å². The highest BCUT2D eigenvalue weighted by Crippen LogP contribution is 2.23. The zero-order valence-electron chi connectivity index (χ0n) is 13.4. The lowest BCUT2D eigenvalue weighted by atomic mass is 10.2. The third kappa shape index (κ3) is 4.14. The van der Waals surface area contributed by atoms with Crippen molar-refractivity contribution in [1.82, 2.24) is 15.2 Å². The summed E-state index contributed by atoms with van der Waals surface area (Å²) in [6, 6.07) is 2.05. The Labute approximate surface area is 127 Å². The van der Waals surface area contributed by atoms with E-state index >= 15 is 0 Å². The molecule has 1 fully saturated rings. The van der Waals surface area contributed by atoms with Gasteiger partial charge in [0.15, 0.2) is 11.6 Å². The van der Waals surface area contributed by atoms with Crippen molar-refractivity contribution >= 4 is 5.82 Å². The van der Waals surface area contributed by atoms with Crippen molar-refractivity contribution in [2.45, 2.75) is 39.3 Å². The van der Waals surface area contributed by atoms with Gasteiger partial charge in [0, 0.05) is 37.4 Å². The third-order valence-corrected chi connectivity index (χ3v) is 4.01. The topological polar surface area (TPSA) is 31.4 Å². The fourth-order valence-corrected chi connectivity index (χ4v) is 2.89. The molecule has 1 unspecified atom stereocenters. The van der Waals surface area contributed by atoms with Crippen LogP contribution in [0.1, 0.15) is 32.3 Å². The van der Waals surface area contributed by atoms with Crippen LogP contribution in [0.4, 0.5) is 10.2 Å². The zero-order valence-corrected chi connectivity index (χ0v) is 13.4. The largest absolute Gasteiger partial charge is 0.350 e. The van der Waals surface area contributed by atoms with Crippen LogP contribution in [0.5, 0.6) is 0 Å². The molecule has 5 heteroatoms. The molecule has 1 aromatic heterocycles. The SMILES string of the molecule is CCCNCc1ccnc(N2CCCN(C)CC2C)c1F. The van der Waals surface area contributed by atoms with Crippen LogP contribution in [0.3, 0.4) is 0 Å². The number of rotatable bonds is 5. The summed E-state index contributed by atoms with van der Waals surface area (Å²) in [5.41, 5.74) is 0.707. The Bertz CT molecular complexity index is 452. The molecule has 1 N–H and O–H groups in total. The summed E-state index contributed by atoms with van der Waals surface area (Å²) in [5, 5.41) is 3.26. The lowest BCUT2D eigenvalue weighted by Gasteiger charge is -2.29. The molecule has 1 saturated heterocycles. The molecule has 4 nitrogen and oxygen atoms in total. The van der Waals surface area contributed by atoms with E-state index in [1.807, 2.05) is 0 Å². The minimum absolute atomic E-state index is 0.169. The van der Waals surface area contributed by atoms with Crippen molar-refractivity contribution in [2.75, 3.05) is 38.1 Å². The Morgan fingerprint density at radius 1 is 1.43 bits per heavy atom. The maximum Gasteiger partial charge on any atom is 0.170 e. The predicted octanol–water partition coefficient (Wildman–Crippen LogP) is 2.25. The number of nitrogens with zero attached hydrogens (tertiary/aromatic N) is 3. The normalized spacial score (nSPS) is 20.6. The van der Waals surface area contributed by atoms with Crippen LogP contribution in [0.2, 0.25) is 0 Å². The summed E-state index contributed by atoms with van der Waals surface area (Å²) in [4.78, 5) is 8.73. The summed E-state index contributed by atoms with van der Waals surface area (Å²) in [6.45, 7) is 8.59. The molecule has 0 amide bonds. The quantitative estimate of drug-likeness (QED) is 0.844. The lowest BCUT2D eigenvalue weighted by Crippen LogP contribution is -2.39. The van der Waals surface area contributed by atoms with Gasteiger partial charge in [0.1, 0.15) is 0 Å². The molecule has 0 bridgehead atoms. The molecule has 2 heterocycles. The van der Waals surface area contributed by atoms with E-state index in [1.54, 1.807) is 12.3 Å². The van der Waals surface area contributed by atoms with Crippen molar-refractivity contribution in [3.05, 3.63) is 23.6 Å². The smallest absolute Gasteiger partial charge is 0.170 e. The van der Waals surface area contributed by atoms with Gasteiger partial charge in [0.25, 0.3) is 0 Å². The average molecular weight is 294 g/mol. The minimum Gasteiger partial charge on any atom is -0.350 e. The molecule has 2 rings (SSSR count). The van der Waals surface area contributed by atoms with E-state index in [0.717, 1.165) is 39.0 Å². The number of halogens is 1. The van der Waals surface area contributed by atoms with E-state index < -0.39 is 0 Å². The van der Waals surface area contributed by atoms with Crippen molar-refractivity contribution in [1.29, 1.82) is 0 Å². The maximum atomic E-state index is 14.7. The number of nitrogens with one attached hydrogen (secondary N) is 1. The van der Waals surface area contributed by atoms with Gasteiger partial charge in [-0.1, -0.05) is 6.92 Å². The summed E-state index contributed by atoms with van der Waals surface area (Å²) in [7, 11) is 2.12. The van der Waals surface area contributed by atoms with Crippen molar-refractivity contribution in [2.24, 2.45) is 0 Å². The first-order chi connectivity index (χ1) is 10.1. The number of hydrogen-bond acceptors (Lipinski definition) is 4. The second-order valence-electron chi connectivity index (χ2n) is 5.94. The van der Waals surface area contributed by atoms with Crippen LogP contribution in [0.15, 0.2) is 12.3 Å². The molecule has 1 aliphatic heterocycles. The van der Waals surface area contributed by atoms with Crippen molar-refractivity contribution in [3.63, 3.8) is 0 Å². The second kappa shape index (κ2) is 7.71. The van der Waals surface area contributed by atoms with Gasteiger partial charge in [-0.15, -0.1) is 0 Å². The minimum atomic E-state index is -0.169. The predicted molar refractivity (Wildman–Crippen MR) is 85.1 cm³/mol. The van der Waals surface area contributed by atoms with Crippen LogP contribution >= 0.6 is 0 Å². The molecular formula is C16H27FN4. The van der Waals surface area contributed by atoms with E-state index in [9.17, 15) is 4.39 Å². The van der Waals surface area contributed by atoms with Gasteiger partial charge in [0.2, 0.25) is 0 Å². The summed E-state index contributed by atoms with van der Waals surface area (Å²) >= 11 is 0. The Hall–Kier alpha value is -1.20. The van der Waals surface area contributed by atoms with E-state index in [2.05, 4.69) is 41.0 Å². The standard InChI is InChI=1S/C16H27FN4/c1-4-7-18-11-14-6-8-19-16(15(14)17)21-10-5-9-20(3)12-13(21)2/h6,8,13,18H,4-5,7,9-12H2,1-3H3. The Kier molecular flexibility index (Phi) is 5.94. The van der Waals surface area contributed by atoms with Gasteiger partial charge < -0.3 is 15.1 Å². The Morgan fingerprint density at radius 3 is 3.00 bits per heavy atom. The van der Waals surface area contributed by atoms with Gasteiger partial charge >= 0.3 is 0 Å². The van der Waals surface area contributed by atoms with E-state index in [0.29, 0.717) is 17.9 Å². The Morgan fingerprint density at radius 2 is 2.24 bits per heavy atom. The number of anilines is 1. The number of pyridine rings is 1. The summed E-state index contributed by atoms with van der Waals surface area (Å²) < 4.78 is 14.7. The lowest BCUT2D eigenvalue weighted by molar-refractivity contribution is 0.336.